The van der Waals surface area contributed by atoms with Crippen molar-refractivity contribution in [1.29, 1.82) is 0 Å². The van der Waals surface area contributed by atoms with E-state index in [1.54, 1.807) is 95.2 Å². The van der Waals surface area contributed by atoms with Crippen LogP contribution in [-0.4, -0.2) is 70.6 Å². The topological polar surface area (TPSA) is 206 Å². The minimum atomic E-state index is -1.35. The maximum absolute atomic E-state index is 12.8. The molecular weight excluding hydrogens is 704 g/mol. The van der Waals surface area contributed by atoms with Crippen molar-refractivity contribution in [3.05, 3.63) is 59.7 Å². The van der Waals surface area contributed by atoms with E-state index in [9.17, 15) is 28.8 Å². The van der Waals surface area contributed by atoms with Gasteiger partial charge in [-0.1, -0.05) is 12.1 Å². The van der Waals surface area contributed by atoms with E-state index in [0.717, 1.165) is 0 Å². The Morgan fingerprint density at radius 2 is 1.09 bits per heavy atom. The summed E-state index contributed by atoms with van der Waals surface area (Å²) in [6, 6.07) is 10.6. The molecular formula is C38H52N4O12. The summed E-state index contributed by atoms with van der Waals surface area (Å²) < 4.78 is 31.8. The van der Waals surface area contributed by atoms with Crippen molar-refractivity contribution in [2.75, 3.05) is 0 Å². The number of nitrogens with one attached hydrogen (secondary N) is 3. The van der Waals surface area contributed by atoms with Crippen molar-refractivity contribution in [3.8, 4) is 5.75 Å². The Morgan fingerprint density at radius 1 is 0.611 bits per heavy atom. The van der Waals surface area contributed by atoms with Crippen molar-refractivity contribution in [2.45, 2.75) is 125 Å². The van der Waals surface area contributed by atoms with Gasteiger partial charge in [0.2, 0.25) is 5.96 Å². The molecule has 2 aromatic carbocycles. The number of alkyl carbamates (subject to hydrolysis) is 3. The number of hydrogen-bond acceptors (Lipinski definition) is 13. The highest BCUT2D eigenvalue weighted by atomic mass is 16.6. The molecule has 1 unspecified atom stereocenters. The quantitative estimate of drug-likeness (QED) is 0.0813. The Morgan fingerprint density at radius 3 is 1.56 bits per heavy atom. The van der Waals surface area contributed by atoms with Gasteiger partial charge in [-0.15, -0.1) is 0 Å². The Kier molecular flexibility index (Phi) is 15.1. The van der Waals surface area contributed by atoms with Crippen LogP contribution in [0.4, 0.5) is 20.1 Å². The summed E-state index contributed by atoms with van der Waals surface area (Å²) >= 11 is 0. The van der Waals surface area contributed by atoms with Gasteiger partial charge >= 0.3 is 36.2 Å². The number of hydrogen-bond donors (Lipinski definition) is 3. The van der Waals surface area contributed by atoms with Crippen molar-refractivity contribution < 1.29 is 57.2 Å². The predicted octanol–water partition coefficient (Wildman–Crippen LogP) is 6.61. The first-order valence-corrected chi connectivity index (χ1v) is 17.0. The van der Waals surface area contributed by atoms with Crippen LogP contribution in [0.5, 0.6) is 5.75 Å². The van der Waals surface area contributed by atoms with E-state index in [2.05, 4.69) is 20.9 Å². The molecule has 0 aliphatic carbocycles. The third-order valence-corrected chi connectivity index (χ3v) is 5.86. The van der Waals surface area contributed by atoms with Gasteiger partial charge in [-0.25, -0.2) is 29.0 Å². The highest BCUT2D eigenvalue weighted by Crippen LogP contribution is 2.19. The summed E-state index contributed by atoms with van der Waals surface area (Å²) in [5.74, 6) is -2.29. The molecule has 0 aromatic heterocycles. The number of carbonyl (C=O) groups is 6. The number of aliphatic imine (C=N–C) groups is 1. The van der Waals surface area contributed by atoms with Crippen LogP contribution < -0.4 is 20.7 Å². The lowest BCUT2D eigenvalue weighted by atomic mass is 10.1. The van der Waals surface area contributed by atoms with Gasteiger partial charge in [0.1, 0.15) is 40.8 Å². The van der Waals surface area contributed by atoms with Crippen LogP contribution in [0.3, 0.4) is 0 Å². The normalized spacial score (nSPS) is 12.2. The van der Waals surface area contributed by atoms with Crippen LogP contribution >= 0.6 is 0 Å². The molecule has 0 bridgehead atoms. The lowest BCUT2D eigenvalue weighted by molar-refractivity contribution is -0.164. The maximum Gasteiger partial charge on any atom is 0.414 e. The average Bonchev–Trinajstić information content (AvgIpc) is 2.97. The van der Waals surface area contributed by atoms with Gasteiger partial charge in [0, 0.05) is 0 Å². The van der Waals surface area contributed by atoms with Crippen molar-refractivity contribution in [2.24, 2.45) is 4.99 Å². The molecule has 54 heavy (non-hydrogen) atoms. The second-order valence-corrected chi connectivity index (χ2v) is 15.9. The minimum absolute atomic E-state index is 0.172. The number of esters is 3. The summed E-state index contributed by atoms with van der Waals surface area (Å²) in [5, 5.41) is 7.13. The van der Waals surface area contributed by atoms with E-state index in [1.807, 2.05) is 0 Å². The number of benzene rings is 2. The number of carbonyl (C=O) groups excluding carboxylic acids is 6. The molecule has 0 saturated heterocycles. The molecule has 0 spiro atoms. The number of guanidine groups is 1. The fourth-order valence-electron chi connectivity index (χ4n) is 3.96. The van der Waals surface area contributed by atoms with Gasteiger partial charge in [-0.3, -0.25) is 15.4 Å². The second kappa shape index (κ2) is 18.4. The number of nitrogens with zero attached hydrogens (tertiary/aromatic N) is 1. The third kappa shape index (κ3) is 18.7. The number of amides is 3. The standard InChI is InChI=1S/C38H52N4O12/c1-35(2,3)51-28(43)21-27(30(45)52-36(4,5)6)40-32(46)49-22-23-13-19-26(20-14-23)50-29(44)24-15-17-25(18-16-24)39-31(41-33(47)53-37(7,8)9)42-34(48)54-38(10,11)12/h13-20,27H,21-22H2,1-12H3,(H,40,46)(H2,39,41,42,47,48). The fourth-order valence-corrected chi connectivity index (χ4v) is 3.96. The highest BCUT2D eigenvalue weighted by molar-refractivity contribution is 6.02. The van der Waals surface area contributed by atoms with Crippen LogP contribution in [0.1, 0.15) is 105 Å². The predicted molar refractivity (Wildman–Crippen MR) is 197 cm³/mol. The minimum Gasteiger partial charge on any atom is -0.460 e. The zero-order valence-corrected chi connectivity index (χ0v) is 33.0. The molecule has 0 saturated carbocycles. The zero-order chi connectivity index (χ0) is 41.1. The molecule has 3 amide bonds. The van der Waals surface area contributed by atoms with Gasteiger partial charge in [0.05, 0.1) is 17.7 Å². The van der Waals surface area contributed by atoms with Gasteiger partial charge in [-0.05, 0) is 125 Å². The SMILES string of the molecule is CC(C)(C)OC(=O)CC(NC(=O)OCc1ccc(OC(=O)c2ccc(N=C(NC(=O)OC(C)(C)C)NC(=O)OC(C)(C)C)cc2)cc1)C(=O)OC(C)(C)C. The van der Waals surface area contributed by atoms with Gasteiger partial charge in [-0.2, -0.15) is 0 Å². The van der Waals surface area contributed by atoms with Crippen LogP contribution in [0.2, 0.25) is 0 Å². The number of ether oxygens (including phenoxy) is 6. The van der Waals surface area contributed by atoms with E-state index in [0.29, 0.717) is 5.56 Å². The average molecular weight is 757 g/mol. The summed E-state index contributed by atoms with van der Waals surface area (Å²) in [7, 11) is 0. The molecule has 2 rings (SSSR count). The zero-order valence-electron chi connectivity index (χ0n) is 33.0. The lowest BCUT2D eigenvalue weighted by Crippen LogP contribution is -2.47. The molecule has 296 valence electrons. The summed E-state index contributed by atoms with van der Waals surface area (Å²) in [6.07, 6.45) is -3.15. The lowest BCUT2D eigenvalue weighted by Gasteiger charge is -2.25. The van der Waals surface area contributed by atoms with E-state index >= 15 is 0 Å². The molecule has 0 radical (unpaired) electrons. The smallest absolute Gasteiger partial charge is 0.414 e. The monoisotopic (exact) mass is 756 g/mol. The van der Waals surface area contributed by atoms with E-state index < -0.39 is 71.1 Å². The molecule has 2 aromatic rings. The molecule has 0 aliphatic heterocycles. The largest absolute Gasteiger partial charge is 0.460 e. The van der Waals surface area contributed by atoms with Crippen molar-refractivity contribution in [3.63, 3.8) is 0 Å². The van der Waals surface area contributed by atoms with Crippen LogP contribution in [0, 0.1) is 0 Å². The Hall–Kier alpha value is -5.67. The first-order chi connectivity index (χ1) is 24.7. The molecule has 1 atom stereocenters. The van der Waals surface area contributed by atoms with E-state index in [1.165, 1.54) is 36.4 Å². The summed E-state index contributed by atoms with van der Waals surface area (Å²) in [5.41, 5.74) is -2.32. The van der Waals surface area contributed by atoms with Gasteiger partial charge in [0.25, 0.3) is 0 Å². The van der Waals surface area contributed by atoms with Crippen molar-refractivity contribution >= 4 is 47.8 Å². The maximum atomic E-state index is 12.8. The third-order valence-electron chi connectivity index (χ3n) is 5.86. The Labute approximate surface area is 315 Å². The summed E-state index contributed by atoms with van der Waals surface area (Å²) in [6.45, 7) is 19.9. The van der Waals surface area contributed by atoms with E-state index in [-0.39, 0.29) is 29.6 Å². The Bertz CT molecular complexity index is 1640. The molecule has 3 N–H and O–H groups in total. The molecule has 0 heterocycles. The molecule has 0 fully saturated rings. The molecule has 16 heteroatoms. The van der Waals surface area contributed by atoms with Gasteiger partial charge in [0.15, 0.2) is 0 Å². The van der Waals surface area contributed by atoms with Crippen molar-refractivity contribution in [1.82, 2.24) is 16.0 Å². The summed E-state index contributed by atoms with van der Waals surface area (Å²) in [4.78, 5) is 79.5. The van der Waals surface area contributed by atoms with Gasteiger partial charge < -0.3 is 33.7 Å². The first kappa shape index (κ1) is 44.5. The van der Waals surface area contributed by atoms with Crippen LogP contribution in [0.15, 0.2) is 53.5 Å². The molecule has 0 aliphatic rings. The number of rotatable bonds is 9. The van der Waals surface area contributed by atoms with E-state index in [4.69, 9.17) is 28.4 Å². The van der Waals surface area contributed by atoms with Crippen LogP contribution in [-0.2, 0) is 39.9 Å². The first-order valence-electron chi connectivity index (χ1n) is 17.0. The molecule has 16 nitrogen and oxygen atoms in total. The fraction of sp³-hybridized carbons (Fsp3) is 0.500. The van der Waals surface area contributed by atoms with Crippen LogP contribution in [0.25, 0.3) is 0 Å². The highest BCUT2D eigenvalue weighted by Gasteiger charge is 2.31. The second-order valence-electron chi connectivity index (χ2n) is 15.9. The Balaban J connectivity index is 2.05.